The van der Waals surface area contributed by atoms with Crippen LogP contribution in [0.4, 0.5) is 4.79 Å². The van der Waals surface area contributed by atoms with Gasteiger partial charge in [0, 0.05) is 12.0 Å². The molecule has 0 aliphatic heterocycles. The van der Waals surface area contributed by atoms with Crippen molar-refractivity contribution in [3.63, 3.8) is 0 Å². The number of fused-ring (bicyclic) bond motifs is 3. The number of nitrogens with one attached hydrogen (secondary N) is 2. The van der Waals surface area contributed by atoms with Crippen LogP contribution in [0.2, 0.25) is 0 Å². The van der Waals surface area contributed by atoms with Crippen molar-refractivity contribution in [2.45, 2.75) is 31.7 Å². The molecule has 160 valence electrons. The Bertz CT molecular complexity index is 992. The summed E-state index contributed by atoms with van der Waals surface area (Å²) in [4.78, 5) is 34.5. The third-order valence-corrected chi connectivity index (χ3v) is 5.12. The first-order chi connectivity index (χ1) is 15.0. The van der Waals surface area contributed by atoms with Gasteiger partial charge in [-0.3, -0.25) is 9.59 Å². The number of benzene rings is 2. The number of amides is 2. The Hall–Kier alpha value is -3.79. The van der Waals surface area contributed by atoms with E-state index >= 15 is 0 Å². The van der Waals surface area contributed by atoms with Gasteiger partial charge in [-0.05, 0) is 34.6 Å². The second-order valence-corrected chi connectivity index (χ2v) is 7.16. The molecule has 1 aliphatic rings. The average Bonchev–Trinajstić information content (AvgIpc) is 3.08. The van der Waals surface area contributed by atoms with Crippen molar-refractivity contribution in [2.75, 3.05) is 13.2 Å². The Morgan fingerprint density at radius 2 is 1.68 bits per heavy atom. The summed E-state index contributed by atoms with van der Waals surface area (Å²) >= 11 is 0. The number of hydrogen-bond acceptors (Lipinski definition) is 4. The Morgan fingerprint density at radius 1 is 1.06 bits per heavy atom. The quantitative estimate of drug-likeness (QED) is 0.598. The van der Waals surface area contributed by atoms with Crippen LogP contribution in [-0.4, -0.2) is 42.3 Å². The highest BCUT2D eigenvalue weighted by molar-refractivity contribution is 5.94. The van der Waals surface area contributed by atoms with E-state index in [1.54, 1.807) is 6.92 Å². The van der Waals surface area contributed by atoms with E-state index in [9.17, 15) is 14.4 Å². The Kier molecular flexibility index (Phi) is 7.28. The van der Waals surface area contributed by atoms with Crippen LogP contribution in [0.3, 0.4) is 0 Å². The summed E-state index contributed by atoms with van der Waals surface area (Å²) in [5.74, 6) is 3.27. The Labute approximate surface area is 180 Å². The lowest BCUT2D eigenvalue weighted by molar-refractivity contribution is -0.137. The van der Waals surface area contributed by atoms with E-state index in [2.05, 4.69) is 34.6 Å². The van der Waals surface area contributed by atoms with E-state index in [-0.39, 0.29) is 25.5 Å². The third kappa shape index (κ3) is 5.64. The number of carboxylic acid groups (broad SMARTS) is 1. The summed E-state index contributed by atoms with van der Waals surface area (Å²) in [6.45, 7) is 1.92. The highest BCUT2D eigenvalue weighted by atomic mass is 16.5. The first-order valence-corrected chi connectivity index (χ1v) is 10.1. The minimum absolute atomic E-state index is 0.0322. The van der Waals surface area contributed by atoms with Crippen molar-refractivity contribution in [3.8, 4) is 23.0 Å². The number of aliphatic carboxylic acids is 1. The maximum absolute atomic E-state index is 12.0. The van der Waals surface area contributed by atoms with Crippen LogP contribution in [0.5, 0.6) is 0 Å². The number of carboxylic acids is 1. The van der Waals surface area contributed by atoms with Gasteiger partial charge >= 0.3 is 12.1 Å². The molecule has 0 spiro atoms. The first-order valence-electron chi connectivity index (χ1n) is 10.1. The van der Waals surface area contributed by atoms with Gasteiger partial charge in [0.05, 0.1) is 13.0 Å². The van der Waals surface area contributed by atoms with Gasteiger partial charge in [0.1, 0.15) is 6.61 Å². The summed E-state index contributed by atoms with van der Waals surface area (Å²) in [6, 6.07) is 15.7. The number of hydrogen-bond donors (Lipinski definition) is 3. The summed E-state index contributed by atoms with van der Waals surface area (Å²) in [6.07, 6.45) is -0.298. The van der Waals surface area contributed by atoms with E-state index in [4.69, 9.17) is 9.84 Å². The SMILES string of the molecule is CC[C@@H](CC(=O)O)NC(=O)C#CCNC(=O)OCC1c2ccccc2-c2ccccc21. The van der Waals surface area contributed by atoms with Crippen LogP contribution in [-0.2, 0) is 14.3 Å². The van der Waals surface area contributed by atoms with Gasteiger partial charge in [0.2, 0.25) is 0 Å². The zero-order chi connectivity index (χ0) is 22.2. The van der Waals surface area contributed by atoms with Crippen LogP contribution in [0.1, 0.15) is 36.8 Å². The predicted octanol–water partition coefficient (Wildman–Crippen LogP) is 2.90. The molecule has 2 aromatic rings. The molecule has 0 aromatic heterocycles. The maximum Gasteiger partial charge on any atom is 0.407 e. The maximum atomic E-state index is 12.0. The summed E-state index contributed by atoms with van der Waals surface area (Å²) in [5, 5.41) is 13.8. The molecule has 0 fully saturated rings. The smallest absolute Gasteiger partial charge is 0.407 e. The van der Waals surface area contributed by atoms with Gasteiger partial charge < -0.3 is 20.5 Å². The molecule has 31 heavy (non-hydrogen) atoms. The molecule has 3 N–H and O–H groups in total. The largest absolute Gasteiger partial charge is 0.481 e. The molecule has 0 saturated carbocycles. The van der Waals surface area contributed by atoms with Gasteiger partial charge in [-0.1, -0.05) is 61.4 Å². The molecule has 0 radical (unpaired) electrons. The lowest BCUT2D eigenvalue weighted by Crippen LogP contribution is -2.35. The number of carbonyl (C=O) groups is 3. The lowest BCUT2D eigenvalue weighted by Gasteiger charge is -2.14. The van der Waals surface area contributed by atoms with Crippen LogP contribution in [0.25, 0.3) is 11.1 Å². The molecule has 2 aromatic carbocycles. The van der Waals surface area contributed by atoms with E-state index in [0.29, 0.717) is 6.42 Å². The van der Waals surface area contributed by atoms with Gasteiger partial charge in [-0.25, -0.2) is 4.79 Å². The molecule has 1 aliphatic carbocycles. The van der Waals surface area contributed by atoms with Crippen LogP contribution in [0, 0.1) is 11.8 Å². The van der Waals surface area contributed by atoms with E-state index in [0.717, 1.165) is 22.3 Å². The van der Waals surface area contributed by atoms with E-state index < -0.39 is 24.0 Å². The van der Waals surface area contributed by atoms with Crippen LogP contribution >= 0.6 is 0 Å². The number of rotatable bonds is 7. The molecule has 7 nitrogen and oxygen atoms in total. The second-order valence-electron chi connectivity index (χ2n) is 7.16. The number of carbonyl (C=O) groups excluding carboxylic acids is 2. The highest BCUT2D eigenvalue weighted by Crippen LogP contribution is 2.44. The molecule has 0 bridgehead atoms. The Morgan fingerprint density at radius 3 is 2.26 bits per heavy atom. The van der Waals surface area contributed by atoms with Crippen molar-refractivity contribution < 1.29 is 24.2 Å². The van der Waals surface area contributed by atoms with Crippen molar-refractivity contribution in [3.05, 3.63) is 59.7 Å². The summed E-state index contributed by atoms with van der Waals surface area (Å²) < 4.78 is 5.39. The van der Waals surface area contributed by atoms with Crippen molar-refractivity contribution in [1.82, 2.24) is 10.6 Å². The molecule has 0 saturated heterocycles. The van der Waals surface area contributed by atoms with Gasteiger partial charge in [0.25, 0.3) is 5.91 Å². The molecular weight excluding hydrogens is 396 g/mol. The summed E-state index contributed by atoms with van der Waals surface area (Å²) in [7, 11) is 0. The lowest BCUT2D eigenvalue weighted by atomic mass is 9.98. The number of alkyl carbamates (subject to hydrolysis) is 1. The normalized spacial score (nSPS) is 12.5. The van der Waals surface area contributed by atoms with Crippen LogP contribution in [0.15, 0.2) is 48.5 Å². The molecule has 2 amide bonds. The van der Waals surface area contributed by atoms with Crippen molar-refractivity contribution in [2.24, 2.45) is 0 Å². The molecule has 0 heterocycles. The standard InChI is InChI=1S/C24H24N2O5/c1-2-16(14-23(28)29)26-22(27)12-7-13-25-24(30)31-15-21-19-10-5-3-8-17(19)18-9-4-6-11-20(18)21/h3-6,8-11,16,21H,2,13-15H2,1H3,(H,25,30)(H,26,27)(H,28,29)/t16-/m0/s1. The molecule has 0 unspecified atom stereocenters. The van der Waals surface area contributed by atoms with E-state index in [1.807, 2.05) is 36.4 Å². The van der Waals surface area contributed by atoms with E-state index in [1.165, 1.54) is 0 Å². The van der Waals surface area contributed by atoms with Crippen molar-refractivity contribution >= 4 is 18.0 Å². The van der Waals surface area contributed by atoms with Crippen LogP contribution < -0.4 is 10.6 Å². The third-order valence-electron chi connectivity index (χ3n) is 5.12. The fourth-order valence-corrected chi connectivity index (χ4v) is 3.62. The minimum Gasteiger partial charge on any atom is -0.481 e. The minimum atomic E-state index is -0.989. The molecular formula is C24H24N2O5. The zero-order valence-corrected chi connectivity index (χ0v) is 17.2. The molecule has 1 atom stereocenters. The first kappa shape index (κ1) is 21.9. The fraction of sp³-hybridized carbons (Fsp3) is 0.292. The monoisotopic (exact) mass is 420 g/mol. The predicted molar refractivity (Wildman–Crippen MR) is 115 cm³/mol. The van der Waals surface area contributed by atoms with Crippen molar-refractivity contribution in [1.29, 1.82) is 0 Å². The summed E-state index contributed by atoms with van der Waals surface area (Å²) in [5.41, 5.74) is 4.55. The topological polar surface area (TPSA) is 105 Å². The zero-order valence-electron chi connectivity index (χ0n) is 17.2. The molecule has 3 rings (SSSR count). The number of ether oxygens (including phenoxy) is 1. The highest BCUT2D eigenvalue weighted by Gasteiger charge is 2.28. The van der Waals surface area contributed by atoms with Gasteiger partial charge in [-0.15, -0.1) is 0 Å². The Balaban J connectivity index is 1.48. The van der Waals surface area contributed by atoms with Gasteiger partial charge in [-0.2, -0.15) is 0 Å². The second kappa shape index (κ2) is 10.3. The van der Waals surface area contributed by atoms with Gasteiger partial charge in [0.15, 0.2) is 0 Å². The fourth-order valence-electron chi connectivity index (χ4n) is 3.62. The average molecular weight is 420 g/mol. The molecule has 7 heteroatoms.